The van der Waals surface area contributed by atoms with Crippen molar-refractivity contribution >= 4 is 44.7 Å². The van der Waals surface area contributed by atoms with E-state index in [1.54, 1.807) is 0 Å². The minimum atomic E-state index is -0.279. The van der Waals surface area contributed by atoms with E-state index in [0.29, 0.717) is 0 Å². The predicted molar refractivity (Wildman–Crippen MR) is 92.4 cm³/mol. The van der Waals surface area contributed by atoms with Gasteiger partial charge in [-0.15, -0.1) is 0 Å². The van der Waals surface area contributed by atoms with Crippen molar-refractivity contribution in [3.05, 3.63) is 35.9 Å². The van der Waals surface area contributed by atoms with Gasteiger partial charge in [-0.05, 0) is 12.5 Å². The third-order valence-corrected chi connectivity index (χ3v) is 4.19. The third-order valence-electron chi connectivity index (χ3n) is 2.30. The Hall–Kier alpha value is -0.450. The van der Waals surface area contributed by atoms with Crippen LogP contribution in [0.4, 0.5) is 0 Å². The molecule has 0 amide bonds. The monoisotopic (exact) mass is 299 g/mol. The standard InChI is InChI=1S/C10H9NS3.2C2H6/c1-10(7-5-3-2-4-6-7)8(12)14-9(13)11-10;2*1-2/h2-6H,1H3,(H,11,13);2*1-2H3. The van der Waals surface area contributed by atoms with Crippen LogP contribution in [0.5, 0.6) is 0 Å². The molecule has 0 bridgehead atoms. The summed E-state index contributed by atoms with van der Waals surface area (Å²) in [4.78, 5) is 0. The summed E-state index contributed by atoms with van der Waals surface area (Å²) in [5.41, 5.74) is 0.885. The zero-order chi connectivity index (χ0) is 14.2. The fraction of sp³-hybridized carbons (Fsp3) is 0.429. The summed E-state index contributed by atoms with van der Waals surface area (Å²) in [6.45, 7) is 10.1. The average molecular weight is 300 g/mol. The number of rotatable bonds is 1. The Balaban J connectivity index is 0.000000659. The van der Waals surface area contributed by atoms with Crippen molar-refractivity contribution < 1.29 is 0 Å². The second-order valence-electron chi connectivity index (χ2n) is 3.29. The molecule has 4 heteroatoms. The first-order valence-electron chi connectivity index (χ1n) is 6.23. The number of benzene rings is 1. The van der Waals surface area contributed by atoms with Crippen LogP contribution in [0.15, 0.2) is 30.3 Å². The summed E-state index contributed by atoms with van der Waals surface area (Å²) in [6.07, 6.45) is 0. The number of hydrogen-bond donors (Lipinski definition) is 1. The summed E-state index contributed by atoms with van der Waals surface area (Å²) in [5, 5.41) is 3.25. The van der Waals surface area contributed by atoms with E-state index in [1.807, 2.05) is 45.9 Å². The van der Waals surface area contributed by atoms with Gasteiger partial charge >= 0.3 is 0 Å². The van der Waals surface area contributed by atoms with Crippen LogP contribution in [-0.4, -0.2) is 8.52 Å². The number of thiocarbonyl (C=S) groups is 2. The maximum atomic E-state index is 5.33. The molecule has 0 spiro atoms. The van der Waals surface area contributed by atoms with Crippen molar-refractivity contribution in [1.82, 2.24) is 5.32 Å². The molecule has 0 radical (unpaired) electrons. The molecule has 1 aliphatic heterocycles. The van der Waals surface area contributed by atoms with Gasteiger partial charge in [0.2, 0.25) is 0 Å². The largest absolute Gasteiger partial charge is 0.356 e. The van der Waals surface area contributed by atoms with Gasteiger partial charge in [0.1, 0.15) is 9.86 Å². The molecule has 1 aromatic carbocycles. The highest BCUT2D eigenvalue weighted by atomic mass is 32.2. The van der Waals surface area contributed by atoms with Crippen molar-refractivity contribution in [2.45, 2.75) is 40.2 Å². The summed E-state index contributed by atoms with van der Waals surface area (Å²) < 4.78 is 1.66. The molecule has 18 heavy (non-hydrogen) atoms. The van der Waals surface area contributed by atoms with Gasteiger partial charge in [-0.25, -0.2) is 0 Å². The van der Waals surface area contributed by atoms with Gasteiger partial charge in [-0.3, -0.25) is 0 Å². The second-order valence-corrected chi connectivity index (χ2v) is 5.65. The van der Waals surface area contributed by atoms with Crippen LogP contribution >= 0.6 is 36.2 Å². The average Bonchev–Trinajstić information content (AvgIpc) is 2.70. The molecule has 1 N–H and O–H groups in total. The van der Waals surface area contributed by atoms with Gasteiger partial charge < -0.3 is 5.32 Å². The second kappa shape index (κ2) is 8.62. The minimum Gasteiger partial charge on any atom is -0.356 e. The van der Waals surface area contributed by atoms with E-state index in [0.717, 1.165) is 14.1 Å². The highest BCUT2D eigenvalue weighted by molar-refractivity contribution is 8.38. The lowest BCUT2D eigenvalue weighted by atomic mass is 9.94. The van der Waals surface area contributed by atoms with Gasteiger partial charge in [0.15, 0.2) is 0 Å². The van der Waals surface area contributed by atoms with E-state index in [4.69, 9.17) is 24.4 Å². The fourth-order valence-corrected chi connectivity index (χ4v) is 3.26. The van der Waals surface area contributed by atoms with E-state index in [2.05, 4.69) is 24.4 Å². The molecular weight excluding hydrogens is 278 g/mol. The maximum absolute atomic E-state index is 5.33. The van der Waals surface area contributed by atoms with Crippen molar-refractivity contribution in [3.8, 4) is 0 Å². The molecule has 2 rings (SSSR count). The molecule has 1 saturated heterocycles. The summed E-state index contributed by atoms with van der Waals surface area (Å²) in [6, 6.07) is 10.1. The molecule has 1 nitrogen and oxygen atoms in total. The Labute approximate surface area is 126 Å². The van der Waals surface area contributed by atoms with Crippen molar-refractivity contribution in [2.75, 3.05) is 0 Å². The maximum Gasteiger partial charge on any atom is 0.140 e. The van der Waals surface area contributed by atoms with Gasteiger partial charge in [-0.1, -0.05) is 94.2 Å². The van der Waals surface area contributed by atoms with E-state index in [1.165, 1.54) is 11.8 Å². The molecular formula is C14H21NS3. The highest BCUT2D eigenvalue weighted by Crippen LogP contribution is 2.34. The van der Waals surface area contributed by atoms with Crippen molar-refractivity contribution in [2.24, 2.45) is 0 Å². The number of hydrogen-bond acceptors (Lipinski definition) is 3. The van der Waals surface area contributed by atoms with Crippen molar-refractivity contribution in [1.29, 1.82) is 0 Å². The van der Waals surface area contributed by atoms with Crippen LogP contribution in [-0.2, 0) is 5.54 Å². The summed E-state index contributed by atoms with van der Waals surface area (Å²) >= 11 is 11.9. The quantitative estimate of drug-likeness (QED) is 0.740. The normalized spacial score (nSPS) is 21.2. The molecule has 100 valence electrons. The van der Waals surface area contributed by atoms with Gasteiger partial charge in [-0.2, -0.15) is 0 Å². The lowest BCUT2D eigenvalue weighted by Gasteiger charge is -2.24. The predicted octanol–water partition coefficient (Wildman–Crippen LogP) is 4.90. The van der Waals surface area contributed by atoms with Crippen LogP contribution < -0.4 is 5.32 Å². The summed E-state index contributed by atoms with van der Waals surface area (Å²) in [5.74, 6) is 0. The number of nitrogens with one attached hydrogen (secondary N) is 1. The van der Waals surface area contributed by atoms with Crippen molar-refractivity contribution in [3.63, 3.8) is 0 Å². The minimum absolute atomic E-state index is 0.279. The Morgan fingerprint density at radius 3 is 1.89 bits per heavy atom. The van der Waals surface area contributed by atoms with Crippen LogP contribution in [0.2, 0.25) is 0 Å². The third kappa shape index (κ3) is 4.04. The lowest BCUT2D eigenvalue weighted by Crippen LogP contribution is -2.39. The Morgan fingerprint density at radius 1 is 1.00 bits per heavy atom. The highest BCUT2D eigenvalue weighted by Gasteiger charge is 2.38. The van der Waals surface area contributed by atoms with E-state index in [9.17, 15) is 0 Å². The van der Waals surface area contributed by atoms with Crippen LogP contribution in [0.1, 0.15) is 40.2 Å². The van der Waals surface area contributed by atoms with Crippen LogP contribution in [0, 0.1) is 0 Å². The Kier molecular flexibility index (Phi) is 8.40. The Bertz CT molecular complexity index is 389. The smallest absolute Gasteiger partial charge is 0.140 e. The molecule has 1 aromatic rings. The first kappa shape index (κ1) is 17.6. The molecule has 1 fully saturated rings. The molecule has 1 heterocycles. The lowest BCUT2D eigenvalue weighted by molar-refractivity contribution is 0.625. The molecule has 0 aliphatic carbocycles. The van der Waals surface area contributed by atoms with Gasteiger partial charge in [0.05, 0.1) is 4.20 Å². The Morgan fingerprint density at radius 2 is 1.50 bits per heavy atom. The van der Waals surface area contributed by atoms with E-state index < -0.39 is 0 Å². The van der Waals surface area contributed by atoms with Gasteiger partial charge in [0.25, 0.3) is 0 Å². The van der Waals surface area contributed by atoms with Crippen LogP contribution in [0.25, 0.3) is 0 Å². The van der Waals surface area contributed by atoms with Gasteiger partial charge in [0, 0.05) is 0 Å². The van der Waals surface area contributed by atoms with E-state index >= 15 is 0 Å². The summed E-state index contributed by atoms with van der Waals surface area (Å²) in [7, 11) is 0. The molecule has 0 saturated carbocycles. The molecule has 1 aliphatic rings. The first-order valence-corrected chi connectivity index (χ1v) is 7.86. The number of thioether (sulfide) groups is 1. The first-order chi connectivity index (χ1) is 8.63. The van der Waals surface area contributed by atoms with Crippen LogP contribution in [0.3, 0.4) is 0 Å². The zero-order valence-corrected chi connectivity index (χ0v) is 14.1. The fourth-order valence-electron chi connectivity index (χ4n) is 1.43. The zero-order valence-electron chi connectivity index (χ0n) is 11.6. The topological polar surface area (TPSA) is 12.0 Å². The molecule has 0 aromatic heterocycles. The molecule has 1 unspecified atom stereocenters. The van der Waals surface area contributed by atoms with E-state index in [-0.39, 0.29) is 5.54 Å². The SMILES string of the molecule is CC.CC.CC1(c2ccccc2)NC(=S)SC1=S. The molecule has 1 atom stereocenters.